The van der Waals surface area contributed by atoms with E-state index in [1.807, 2.05) is 13.8 Å². The zero-order chi connectivity index (χ0) is 21.7. The summed E-state index contributed by atoms with van der Waals surface area (Å²) in [6.07, 6.45) is 0. The van der Waals surface area contributed by atoms with E-state index in [9.17, 15) is 14.4 Å². The highest BCUT2D eigenvalue weighted by Gasteiger charge is 2.27. The Bertz CT molecular complexity index is 956. The molecule has 0 fully saturated rings. The topological polar surface area (TPSA) is 94.2 Å². The lowest BCUT2D eigenvalue weighted by Crippen LogP contribution is -2.44. The third kappa shape index (κ3) is 4.89. The van der Waals surface area contributed by atoms with Gasteiger partial charge in [-0.25, -0.2) is 4.79 Å². The number of nitrogens with zero attached hydrogens (tertiary/aromatic N) is 1. The van der Waals surface area contributed by atoms with Gasteiger partial charge in [-0.05, 0) is 36.2 Å². The SMILES string of the molecule is COc1cc(C(=O)OCC(=O)N2CC(=O)Nc3ccccc32)ccc1OCC(C)C. The van der Waals surface area contributed by atoms with E-state index in [1.54, 1.807) is 36.4 Å². The molecule has 0 unspecified atom stereocenters. The zero-order valence-electron chi connectivity index (χ0n) is 17.1. The second kappa shape index (κ2) is 9.30. The van der Waals surface area contributed by atoms with Crippen LogP contribution in [0.3, 0.4) is 0 Å². The van der Waals surface area contributed by atoms with Gasteiger partial charge in [0.2, 0.25) is 5.91 Å². The summed E-state index contributed by atoms with van der Waals surface area (Å²) in [5.41, 5.74) is 1.33. The van der Waals surface area contributed by atoms with Gasteiger partial charge in [0, 0.05) is 0 Å². The summed E-state index contributed by atoms with van der Waals surface area (Å²) in [4.78, 5) is 38.2. The maximum Gasteiger partial charge on any atom is 0.338 e. The number of hydrogen-bond acceptors (Lipinski definition) is 6. The predicted octanol–water partition coefficient (Wildman–Crippen LogP) is 2.87. The Hall–Kier alpha value is -3.55. The highest BCUT2D eigenvalue weighted by Crippen LogP contribution is 2.30. The molecule has 0 radical (unpaired) electrons. The summed E-state index contributed by atoms with van der Waals surface area (Å²) in [6.45, 7) is 3.94. The van der Waals surface area contributed by atoms with Crippen molar-refractivity contribution >= 4 is 29.2 Å². The lowest BCUT2D eigenvalue weighted by atomic mass is 10.2. The van der Waals surface area contributed by atoms with E-state index in [-0.39, 0.29) is 18.0 Å². The van der Waals surface area contributed by atoms with Gasteiger partial charge in [0.05, 0.1) is 30.7 Å². The van der Waals surface area contributed by atoms with Crippen molar-refractivity contribution < 1.29 is 28.6 Å². The quantitative estimate of drug-likeness (QED) is 0.703. The number of anilines is 2. The van der Waals surface area contributed by atoms with Gasteiger partial charge < -0.3 is 19.5 Å². The summed E-state index contributed by atoms with van der Waals surface area (Å²) in [6, 6.07) is 11.6. The Morgan fingerprint density at radius 2 is 1.90 bits per heavy atom. The van der Waals surface area contributed by atoms with Crippen LogP contribution in [0.25, 0.3) is 0 Å². The average Bonchev–Trinajstić information content (AvgIpc) is 2.74. The minimum Gasteiger partial charge on any atom is -0.493 e. The predicted molar refractivity (Wildman–Crippen MR) is 111 cm³/mol. The Balaban J connectivity index is 1.65. The largest absolute Gasteiger partial charge is 0.493 e. The molecule has 0 spiro atoms. The first kappa shape index (κ1) is 21.2. The molecule has 0 bridgehead atoms. The first-order valence-corrected chi connectivity index (χ1v) is 9.56. The van der Waals surface area contributed by atoms with Crippen LogP contribution in [0.15, 0.2) is 42.5 Å². The van der Waals surface area contributed by atoms with Crippen molar-refractivity contribution in [3.63, 3.8) is 0 Å². The number of fused-ring (bicyclic) bond motifs is 1. The number of carbonyl (C=O) groups is 3. The van der Waals surface area contributed by atoms with Crippen LogP contribution in [0, 0.1) is 5.92 Å². The van der Waals surface area contributed by atoms with E-state index in [0.717, 1.165) is 0 Å². The van der Waals surface area contributed by atoms with E-state index in [0.29, 0.717) is 35.4 Å². The second-order valence-corrected chi connectivity index (χ2v) is 7.19. The standard InChI is InChI=1S/C22H24N2O6/c1-14(2)12-29-18-9-8-15(10-19(18)28-3)22(27)30-13-21(26)24-11-20(25)23-16-6-4-5-7-17(16)24/h4-10,14H,11-13H2,1-3H3,(H,23,25). The highest BCUT2D eigenvalue weighted by atomic mass is 16.5. The van der Waals surface area contributed by atoms with E-state index in [1.165, 1.54) is 18.1 Å². The number of carbonyl (C=O) groups excluding carboxylic acids is 3. The van der Waals surface area contributed by atoms with Gasteiger partial charge in [0.1, 0.15) is 6.54 Å². The van der Waals surface area contributed by atoms with Crippen molar-refractivity contribution in [1.82, 2.24) is 0 Å². The molecule has 0 saturated carbocycles. The lowest BCUT2D eigenvalue weighted by Gasteiger charge is -2.28. The molecule has 0 aliphatic carbocycles. The maximum absolute atomic E-state index is 12.6. The summed E-state index contributed by atoms with van der Waals surface area (Å²) < 4.78 is 16.1. The van der Waals surface area contributed by atoms with Crippen molar-refractivity contribution in [3.8, 4) is 11.5 Å². The van der Waals surface area contributed by atoms with Crippen LogP contribution in [-0.4, -0.2) is 44.7 Å². The Labute approximate surface area is 174 Å². The van der Waals surface area contributed by atoms with Crippen LogP contribution < -0.4 is 19.7 Å². The summed E-state index contributed by atoms with van der Waals surface area (Å²) in [5, 5.41) is 2.70. The first-order valence-electron chi connectivity index (χ1n) is 9.56. The Morgan fingerprint density at radius 1 is 1.13 bits per heavy atom. The van der Waals surface area contributed by atoms with Crippen LogP contribution in [0.5, 0.6) is 11.5 Å². The van der Waals surface area contributed by atoms with E-state index in [4.69, 9.17) is 14.2 Å². The highest BCUT2D eigenvalue weighted by molar-refractivity contribution is 6.10. The van der Waals surface area contributed by atoms with Gasteiger partial charge in [0.25, 0.3) is 5.91 Å². The molecule has 0 saturated heterocycles. The Morgan fingerprint density at radius 3 is 2.63 bits per heavy atom. The van der Waals surface area contributed by atoms with Crippen LogP contribution in [0.4, 0.5) is 11.4 Å². The van der Waals surface area contributed by atoms with E-state index < -0.39 is 18.5 Å². The smallest absolute Gasteiger partial charge is 0.338 e. The second-order valence-electron chi connectivity index (χ2n) is 7.19. The summed E-state index contributed by atoms with van der Waals surface area (Å²) in [7, 11) is 1.48. The first-order chi connectivity index (χ1) is 14.4. The minimum atomic E-state index is -0.674. The molecular weight excluding hydrogens is 388 g/mol. The molecule has 2 aromatic rings. The van der Waals surface area contributed by atoms with E-state index >= 15 is 0 Å². The lowest BCUT2D eigenvalue weighted by molar-refractivity contribution is -0.124. The van der Waals surface area contributed by atoms with Gasteiger partial charge in [-0.3, -0.25) is 14.5 Å². The van der Waals surface area contributed by atoms with Crippen LogP contribution in [0.1, 0.15) is 24.2 Å². The van der Waals surface area contributed by atoms with Gasteiger partial charge in [0.15, 0.2) is 18.1 Å². The van der Waals surface area contributed by atoms with Crippen molar-refractivity contribution in [1.29, 1.82) is 0 Å². The fraction of sp³-hybridized carbons (Fsp3) is 0.318. The molecule has 0 atom stereocenters. The van der Waals surface area contributed by atoms with Crippen LogP contribution in [-0.2, 0) is 14.3 Å². The molecule has 3 rings (SSSR count). The fourth-order valence-electron chi connectivity index (χ4n) is 2.91. The number of rotatable bonds is 7. The molecule has 30 heavy (non-hydrogen) atoms. The normalized spacial score (nSPS) is 12.8. The van der Waals surface area contributed by atoms with Crippen LogP contribution in [0.2, 0.25) is 0 Å². The monoisotopic (exact) mass is 412 g/mol. The number of esters is 1. The molecule has 8 nitrogen and oxygen atoms in total. The third-order valence-electron chi connectivity index (χ3n) is 4.37. The maximum atomic E-state index is 12.6. The molecule has 0 aromatic heterocycles. The molecule has 158 valence electrons. The van der Waals surface area contributed by atoms with Crippen molar-refractivity contribution in [2.75, 3.05) is 37.1 Å². The fourth-order valence-corrected chi connectivity index (χ4v) is 2.91. The molecule has 2 aromatic carbocycles. The van der Waals surface area contributed by atoms with Gasteiger partial charge in [-0.2, -0.15) is 0 Å². The zero-order valence-corrected chi connectivity index (χ0v) is 17.1. The minimum absolute atomic E-state index is 0.136. The molecular formula is C22H24N2O6. The van der Waals surface area contributed by atoms with Gasteiger partial charge in [-0.1, -0.05) is 26.0 Å². The van der Waals surface area contributed by atoms with Crippen molar-refractivity contribution in [2.45, 2.75) is 13.8 Å². The average molecular weight is 412 g/mol. The number of hydrogen-bond donors (Lipinski definition) is 1. The number of para-hydroxylation sites is 2. The summed E-state index contributed by atoms with van der Waals surface area (Å²) >= 11 is 0. The molecule has 1 aliphatic heterocycles. The Kier molecular flexibility index (Phi) is 6.56. The molecule has 8 heteroatoms. The summed E-state index contributed by atoms with van der Waals surface area (Å²) in [5.74, 6) is -0.211. The van der Waals surface area contributed by atoms with Crippen molar-refractivity contribution in [3.05, 3.63) is 48.0 Å². The number of ether oxygens (including phenoxy) is 3. The molecule has 2 amide bonds. The third-order valence-corrected chi connectivity index (χ3v) is 4.37. The number of benzene rings is 2. The number of nitrogens with one attached hydrogen (secondary N) is 1. The molecule has 1 heterocycles. The molecule has 1 N–H and O–H groups in total. The van der Waals surface area contributed by atoms with Gasteiger partial charge in [-0.15, -0.1) is 0 Å². The van der Waals surface area contributed by atoms with E-state index in [2.05, 4.69) is 5.32 Å². The number of amides is 2. The van der Waals surface area contributed by atoms with Gasteiger partial charge >= 0.3 is 5.97 Å². The number of methoxy groups -OCH3 is 1. The van der Waals surface area contributed by atoms with Crippen LogP contribution >= 0.6 is 0 Å². The van der Waals surface area contributed by atoms with Crippen molar-refractivity contribution in [2.24, 2.45) is 5.92 Å². The molecule has 1 aliphatic rings.